The SMILES string of the molecule is COCCNC(=O)NC(=O)CN1CCOC(C(=O)O)C1. The van der Waals surface area contributed by atoms with E-state index >= 15 is 0 Å². The van der Waals surface area contributed by atoms with Crippen LogP contribution in [0.3, 0.4) is 0 Å². The van der Waals surface area contributed by atoms with Gasteiger partial charge in [-0.2, -0.15) is 0 Å². The number of hydrogen-bond acceptors (Lipinski definition) is 6. The van der Waals surface area contributed by atoms with Crippen LogP contribution in [0.5, 0.6) is 0 Å². The van der Waals surface area contributed by atoms with Gasteiger partial charge in [0, 0.05) is 26.7 Å². The van der Waals surface area contributed by atoms with Crippen LogP contribution >= 0.6 is 0 Å². The van der Waals surface area contributed by atoms with E-state index in [1.165, 1.54) is 7.11 Å². The van der Waals surface area contributed by atoms with Crippen molar-refractivity contribution >= 4 is 17.9 Å². The molecule has 1 rings (SSSR count). The zero-order valence-corrected chi connectivity index (χ0v) is 11.3. The van der Waals surface area contributed by atoms with Crippen LogP contribution in [-0.4, -0.2) is 80.5 Å². The summed E-state index contributed by atoms with van der Waals surface area (Å²) in [5, 5.41) is 13.4. The quantitative estimate of drug-likeness (QED) is 0.496. The maximum atomic E-state index is 11.6. The fraction of sp³-hybridized carbons (Fsp3) is 0.727. The van der Waals surface area contributed by atoms with Crippen LogP contribution in [0.1, 0.15) is 0 Å². The van der Waals surface area contributed by atoms with E-state index in [1.54, 1.807) is 4.90 Å². The molecule has 0 aromatic carbocycles. The highest BCUT2D eigenvalue weighted by atomic mass is 16.5. The molecule has 3 amide bonds. The Morgan fingerprint density at radius 3 is 2.85 bits per heavy atom. The van der Waals surface area contributed by atoms with Crippen LogP contribution in [0.15, 0.2) is 0 Å². The number of carbonyl (C=O) groups excluding carboxylic acids is 2. The lowest BCUT2D eigenvalue weighted by molar-refractivity contribution is -0.156. The van der Waals surface area contributed by atoms with E-state index in [9.17, 15) is 14.4 Å². The molecule has 1 heterocycles. The minimum atomic E-state index is -1.06. The third-order valence-corrected chi connectivity index (χ3v) is 2.64. The molecule has 0 aliphatic carbocycles. The Morgan fingerprint density at radius 1 is 1.45 bits per heavy atom. The third-order valence-electron chi connectivity index (χ3n) is 2.64. The number of hydrogen-bond donors (Lipinski definition) is 3. The normalized spacial score (nSPS) is 19.4. The van der Waals surface area contributed by atoms with Crippen molar-refractivity contribution in [1.29, 1.82) is 0 Å². The molecule has 1 aliphatic heterocycles. The second-order valence-electron chi connectivity index (χ2n) is 4.23. The van der Waals surface area contributed by atoms with E-state index in [1.807, 2.05) is 0 Å². The maximum absolute atomic E-state index is 11.6. The summed E-state index contributed by atoms with van der Waals surface area (Å²) < 4.78 is 9.78. The van der Waals surface area contributed by atoms with E-state index in [0.717, 1.165) is 0 Å². The second kappa shape index (κ2) is 8.46. The maximum Gasteiger partial charge on any atom is 0.334 e. The number of morpholine rings is 1. The molecule has 1 fully saturated rings. The van der Waals surface area contributed by atoms with Crippen molar-refractivity contribution in [3.05, 3.63) is 0 Å². The second-order valence-corrected chi connectivity index (χ2v) is 4.23. The summed E-state index contributed by atoms with van der Waals surface area (Å²) in [6.45, 7) is 1.41. The number of carbonyl (C=O) groups is 3. The molecule has 1 unspecified atom stereocenters. The van der Waals surface area contributed by atoms with Crippen molar-refractivity contribution in [2.24, 2.45) is 0 Å². The van der Waals surface area contributed by atoms with Gasteiger partial charge in [0.05, 0.1) is 19.8 Å². The van der Waals surface area contributed by atoms with Crippen molar-refractivity contribution in [2.45, 2.75) is 6.10 Å². The molecule has 0 radical (unpaired) electrons. The van der Waals surface area contributed by atoms with Crippen LogP contribution < -0.4 is 10.6 Å². The summed E-state index contributed by atoms with van der Waals surface area (Å²) in [5.74, 6) is -1.56. The van der Waals surface area contributed by atoms with Gasteiger partial charge in [0.2, 0.25) is 5.91 Å². The predicted octanol–water partition coefficient (Wildman–Crippen LogP) is -1.76. The summed E-state index contributed by atoms with van der Waals surface area (Å²) in [6, 6.07) is -0.602. The Balaban J connectivity index is 2.27. The van der Waals surface area contributed by atoms with E-state index in [2.05, 4.69) is 10.6 Å². The molecule has 0 spiro atoms. The first-order valence-corrected chi connectivity index (χ1v) is 6.16. The van der Waals surface area contributed by atoms with Crippen LogP contribution in [0.4, 0.5) is 4.79 Å². The van der Waals surface area contributed by atoms with Gasteiger partial charge in [-0.05, 0) is 0 Å². The minimum absolute atomic E-state index is 0.0508. The Labute approximate surface area is 116 Å². The molecule has 1 atom stereocenters. The molecule has 3 N–H and O–H groups in total. The fourth-order valence-corrected chi connectivity index (χ4v) is 1.68. The van der Waals surface area contributed by atoms with Gasteiger partial charge >= 0.3 is 12.0 Å². The molecule has 1 aliphatic rings. The lowest BCUT2D eigenvalue weighted by Crippen LogP contribution is -2.51. The van der Waals surface area contributed by atoms with Gasteiger partial charge in [-0.1, -0.05) is 0 Å². The first kappa shape index (κ1) is 16.3. The lowest BCUT2D eigenvalue weighted by Gasteiger charge is -2.29. The number of carboxylic acid groups (broad SMARTS) is 1. The molecular formula is C11H19N3O6. The van der Waals surface area contributed by atoms with Crippen molar-refractivity contribution in [2.75, 3.05) is 46.5 Å². The molecule has 20 heavy (non-hydrogen) atoms. The highest BCUT2D eigenvalue weighted by Crippen LogP contribution is 2.04. The monoisotopic (exact) mass is 289 g/mol. The van der Waals surface area contributed by atoms with E-state index < -0.39 is 24.0 Å². The molecule has 9 heteroatoms. The van der Waals surface area contributed by atoms with Crippen molar-refractivity contribution in [3.63, 3.8) is 0 Å². The first-order chi connectivity index (χ1) is 9.52. The fourth-order valence-electron chi connectivity index (χ4n) is 1.68. The van der Waals surface area contributed by atoms with Crippen LogP contribution in [0, 0.1) is 0 Å². The number of imide groups is 1. The van der Waals surface area contributed by atoms with Gasteiger partial charge in [-0.25, -0.2) is 9.59 Å². The molecule has 0 bridgehead atoms. The number of methoxy groups -OCH3 is 1. The van der Waals surface area contributed by atoms with Gasteiger partial charge in [0.25, 0.3) is 0 Å². The molecular weight excluding hydrogens is 270 g/mol. The molecule has 114 valence electrons. The minimum Gasteiger partial charge on any atom is -0.479 e. The largest absolute Gasteiger partial charge is 0.479 e. The lowest BCUT2D eigenvalue weighted by atomic mass is 10.2. The predicted molar refractivity (Wildman–Crippen MR) is 67.2 cm³/mol. The van der Waals surface area contributed by atoms with Gasteiger partial charge in [-0.15, -0.1) is 0 Å². The molecule has 9 nitrogen and oxygen atoms in total. The zero-order chi connectivity index (χ0) is 15.0. The summed E-state index contributed by atoms with van der Waals surface area (Å²) in [5.41, 5.74) is 0. The average Bonchev–Trinajstić information content (AvgIpc) is 2.39. The van der Waals surface area contributed by atoms with Crippen molar-refractivity contribution < 1.29 is 29.0 Å². The number of ether oxygens (including phenoxy) is 2. The van der Waals surface area contributed by atoms with E-state index in [0.29, 0.717) is 19.7 Å². The summed E-state index contributed by atoms with van der Waals surface area (Å²) >= 11 is 0. The average molecular weight is 289 g/mol. The highest BCUT2D eigenvalue weighted by Gasteiger charge is 2.27. The number of nitrogens with one attached hydrogen (secondary N) is 2. The van der Waals surface area contributed by atoms with Crippen molar-refractivity contribution in [1.82, 2.24) is 15.5 Å². The van der Waals surface area contributed by atoms with E-state index in [-0.39, 0.29) is 19.7 Å². The summed E-state index contributed by atoms with van der Waals surface area (Å²) in [6.07, 6.45) is -0.938. The third kappa shape index (κ3) is 5.95. The molecule has 0 aromatic heterocycles. The number of nitrogens with zero attached hydrogens (tertiary/aromatic N) is 1. The topological polar surface area (TPSA) is 117 Å². The highest BCUT2D eigenvalue weighted by molar-refractivity contribution is 5.95. The molecule has 0 saturated carbocycles. The van der Waals surface area contributed by atoms with E-state index in [4.69, 9.17) is 14.6 Å². The number of aliphatic carboxylic acids is 1. The van der Waals surface area contributed by atoms with Gasteiger partial charge in [-0.3, -0.25) is 15.0 Å². The molecule has 0 aromatic rings. The number of amides is 3. The van der Waals surface area contributed by atoms with Crippen LogP contribution in [0.25, 0.3) is 0 Å². The Kier molecular flexibility index (Phi) is 6.91. The number of rotatable bonds is 6. The number of carboxylic acids is 1. The summed E-state index contributed by atoms with van der Waals surface area (Å²) in [7, 11) is 1.50. The standard InChI is InChI=1S/C11H19N3O6/c1-19-4-2-12-11(18)13-9(15)7-14-3-5-20-8(6-14)10(16)17/h8H,2-7H2,1H3,(H,16,17)(H2,12,13,15,18). The first-order valence-electron chi connectivity index (χ1n) is 6.16. The Hall–Kier alpha value is -1.71. The van der Waals surface area contributed by atoms with Gasteiger partial charge < -0.3 is 19.9 Å². The van der Waals surface area contributed by atoms with Crippen LogP contribution in [0.2, 0.25) is 0 Å². The zero-order valence-electron chi connectivity index (χ0n) is 11.3. The Bertz CT molecular complexity index is 362. The Morgan fingerprint density at radius 2 is 2.20 bits per heavy atom. The van der Waals surface area contributed by atoms with Crippen molar-refractivity contribution in [3.8, 4) is 0 Å². The number of urea groups is 1. The molecule has 1 saturated heterocycles. The smallest absolute Gasteiger partial charge is 0.334 e. The summed E-state index contributed by atoms with van der Waals surface area (Å²) in [4.78, 5) is 35.3. The van der Waals surface area contributed by atoms with Crippen LogP contribution in [-0.2, 0) is 19.1 Å². The van der Waals surface area contributed by atoms with Gasteiger partial charge in [0.1, 0.15) is 0 Å². The van der Waals surface area contributed by atoms with Gasteiger partial charge in [0.15, 0.2) is 6.10 Å².